The number of aromatic nitrogens is 2. The van der Waals surface area contributed by atoms with Gasteiger partial charge < -0.3 is 20.2 Å². The lowest BCUT2D eigenvalue weighted by molar-refractivity contribution is 0.0171. The second-order valence-corrected chi connectivity index (χ2v) is 8.15. The molecule has 1 aliphatic rings. The second-order valence-electron chi connectivity index (χ2n) is 8.15. The third-order valence-corrected chi connectivity index (χ3v) is 5.36. The summed E-state index contributed by atoms with van der Waals surface area (Å²) in [5.41, 5.74) is 1.73. The summed E-state index contributed by atoms with van der Waals surface area (Å²) in [6.07, 6.45) is 7.54. The number of aliphatic hydroxyl groups is 1. The maximum absolute atomic E-state index is 13.9. The van der Waals surface area contributed by atoms with Crippen molar-refractivity contribution in [3.05, 3.63) is 72.8 Å². The summed E-state index contributed by atoms with van der Waals surface area (Å²) in [4.78, 5) is 17.1. The van der Waals surface area contributed by atoms with E-state index in [1.807, 2.05) is 24.1 Å². The standard InChI is InChI=1S/C25H30F2N6O/c1-6-29-23(13-17(2)34)30-18(3)33-12-8-7-11-32(5)22-10-9-21(31-24(22)33)19-14-20(16-28-15-19)25(4,26)27/h6,9-10,13-16,30,34H,2-3,7-8,11-12H2,1,4-5H3/b23-13+,29-6-. The molecule has 0 saturated carbocycles. The summed E-state index contributed by atoms with van der Waals surface area (Å²) in [5.74, 6) is -1.64. The number of anilines is 2. The summed E-state index contributed by atoms with van der Waals surface area (Å²) < 4.78 is 27.8. The maximum atomic E-state index is 13.9. The van der Waals surface area contributed by atoms with E-state index in [1.165, 1.54) is 24.5 Å². The van der Waals surface area contributed by atoms with Gasteiger partial charge in [-0.1, -0.05) is 13.2 Å². The van der Waals surface area contributed by atoms with Crippen molar-refractivity contribution >= 4 is 17.7 Å². The van der Waals surface area contributed by atoms with Crippen molar-refractivity contribution in [2.45, 2.75) is 32.6 Å². The Kier molecular flexibility index (Phi) is 7.65. The molecule has 0 fully saturated rings. The van der Waals surface area contributed by atoms with Crippen LogP contribution in [0.1, 0.15) is 32.3 Å². The largest absolute Gasteiger partial charge is 0.508 e. The Morgan fingerprint density at radius 1 is 1.24 bits per heavy atom. The van der Waals surface area contributed by atoms with Crippen LogP contribution in [-0.4, -0.2) is 41.4 Å². The van der Waals surface area contributed by atoms with E-state index in [4.69, 9.17) is 4.98 Å². The van der Waals surface area contributed by atoms with Gasteiger partial charge in [0.15, 0.2) is 5.82 Å². The van der Waals surface area contributed by atoms with Crippen LogP contribution < -0.4 is 15.1 Å². The Balaban J connectivity index is 2.06. The summed E-state index contributed by atoms with van der Waals surface area (Å²) in [5, 5.41) is 12.7. The highest BCUT2D eigenvalue weighted by Crippen LogP contribution is 2.35. The molecule has 0 atom stereocenters. The molecule has 0 amide bonds. The third-order valence-electron chi connectivity index (χ3n) is 5.36. The Morgan fingerprint density at radius 3 is 2.65 bits per heavy atom. The Hall–Kier alpha value is -3.75. The minimum absolute atomic E-state index is 0.144. The zero-order valence-corrected chi connectivity index (χ0v) is 19.7. The summed E-state index contributed by atoms with van der Waals surface area (Å²) >= 11 is 0. The molecule has 1 aliphatic heterocycles. The first-order chi connectivity index (χ1) is 16.1. The van der Waals surface area contributed by atoms with Crippen molar-refractivity contribution in [3.63, 3.8) is 0 Å². The van der Waals surface area contributed by atoms with Crippen molar-refractivity contribution in [3.8, 4) is 11.3 Å². The van der Waals surface area contributed by atoms with Gasteiger partial charge in [-0.2, -0.15) is 0 Å². The van der Waals surface area contributed by atoms with E-state index < -0.39 is 5.92 Å². The van der Waals surface area contributed by atoms with E-state index in [0.29, 0.717) is 35.3 Å². The van der Waals surface area contributed by atoms with Crippen molar-refractivity contribution < 1.29 is 13.9 Å². The highest BCUT2D eigenvalue weighted by Gasteiger charge is 2.26. The second kappa shape index (κ2) is 10.5. The van der Waals surface area contributed by atoms with Crippen LogP contribution in [-0.2, 0) is 5.92 Å². The number of hydrogen-bond donors (Lipinski definition) is 2. The van der Waals surface area contributed by atoms with Crippen molar-refractivity contribution in [1.29, 1.82) is 0 Å². The van der Waals surface area contributed by atoms with Crippen molar-refractivity contribution in [1.82, 2.24) is 15.3 Å². The van der Waals surface area contributed by atoms with Gasteiger partial charge in [0.05, 0.1) is 11.4 Å². The van der Waals surface area contributed by atoms with Gasteiger partial charge in [-0.05, 0) is 38.0 Å². The molecule has 0 bridgehead atoms. The number of pyridine rings is 2. The van der Waals surface area contributed by atoms with Gasteiger partial charge in [-0.25, -0.2) is 18.8 Å². The number of hydrogen-bond acceptors (Lipinski definition) is 7. The number of allylic oxidation sites excluding steroid dienone is 1. The van der Waals surface area contributed by atoms with Crippen LogP contribution in [0.2, 0.25) is 0 Å². The molecule has 0 radical (unpaired) electrons. The van der Waals surface area contributed by atoms with E-state index in [-0.39, 0.29) is 11.3 Å². The molecule has 0 spiro atoms. The van der Waals surface area contributed by atoms with Crippen LogP contribution in [0.5, 0.6) is 0 Å². The molecule has 180 valence electrons. The number of halogens is 2. The van der Waals surface area contributed by atoms with E-state index in [2.05, 4.69) is 33.4 Å². The number of nitrogens with one attached hydrogen (secondary N) is 1. The van der Waals surface area contributed by atoms with Gasteiger partial charge in [-0.15, -0.1) is 0 Å². The average molecular weight is 469 g/mol. The van der Waals surface area contributed by atoms with E-state index in [9.17, 15) is 13.9 Å². The number of nitrogens with zero attached hydrogens (tertiary/aromatic N) is 5. The number of aliphatic imine (C=N–C) groups is 1. The molecular formula is C25H30F2N6O. The van der Waals surface area contributed by atoms with Gasteiger partial charge in [0.2, 0.25) is 0 Å². The molecule has 0 aliphatic carbocycles. The fourth-order valence-corrected chi connectivity index (χ4v) is 3.64. The van der Waals surface area contributed by atoms with E-state index >= 15 is 0 Å². The average Bonchev–Trinajstić information content (AvgIpc) is 2.76. The highest BCUT2D eigenvalue weighted by atomic mass is 19.3. The van der Waals surface area contributed by atoms with Gasteiger partial charge in [-0.3, -0.25) is 4.98 Å². The fourth-order valence-electron chi connectivity index (χ4n) is 3.64. The molecular weight excluding hydrogens is 438 g/mol. The first kappa shape index (κ1) is 24.9. The predicted octanol–water partition coefficient (Wildman–Crippen LogP) is 5.36. The lowest BCUT2D eigenvalue weighted by atomic mass is 10.1. The van der Waals surface area contributed by atoms with Crippen LogP contribution in [0.25, 0.3) is 11.3 Å². The van der Waals surface area contributed by atoms with Gasteiger partial charge in [0.25, 0.3) is 5.92 Å². The lowest BCUT2D eigenvalue weighted by Crippen LogP contribution is -2.36. The number of alkyl halides is 2. The smallest absolute Gasteiger partial charge is 0.272 e. The van der Waals surface area contributed by atoms with Crippen LogP contribution in [0, 0.1) is 0 Å². The molecule has 9 heteroatoms. The quantitative estimate of drug-likeness (QED) is 0.324. The summed E-state index contributed by atoms with van der Waals surface area (Å²) in [6, 6.07) is 5.15. The number of rotatable bonds is 7. The Morgan fingerprint density at radius 2 is 1.97 bits per heavy atom. The predicted molar refractivity (Wildman–Crippen MR) is 133 cm³/mol. The van der Waals surface area contributed by atoms with Gasteiger partial charge >= 0.3 is 0 Å². The molecule has 2 aromatic rings. The minimum Gasteiger partial charge on any atom is -0.508 e. The summed E-state index contributed by atoms with van der Waals surface area (Å²) in [6.45, 7) is 11.8. The topological polar surface area (TPSA) is 76.9 Å². The molecule has 0 saturated heterocycles. The van der Waals surface area contributed by atoms with Crippen LogP contribution in [0.4, 0.5) is 20.3 Å². The van der Waals surface area contributed by atoms with E-state index in [0.717, 1.165) is 32.0 Å². The van der Waals surface area contributed by atoms with E-state index in [1.54, 1.807) is 13.1 Å². The molecule has 34 heavy (non-hydrogen) atoms. The first-order valence-electron chi connectivity index (χ1n) is 11.0. The minimum atomic E-state index is -3.00. The van der Waals surface area contributed by atoms with Crippen molar-refractivity contribution in [2.75, 3.05) is 29.9 Å². The van der Waals surface area contributed by atoms with Crippen LogP contribution in [0.15, 0.2) is 72.2 Å². The van der Waals surface area contributed by atoms with Gasteiger partial charge in [0.1, 0.15) is 17.4 Å². The molecule has 7 nitrogen and oxygen atoms in total. The SMILES string of the molecule is C=C(O)/C=C(\N=C/C)NC(=C)N1CCCCN(C)c2ccc(-c3cncc(C(C)(F)F)c3)nc21. The molecule has 3 rings (SSSR count). The third kappa shape index (κ3) is 5.98. The number of aliphatic hydroxyl groups excluding tert-OH is 1. The zero-order chi connectivity index (χ0) is 24.9. The normalized spacial score (nSPS) is 15.0. The van der Waals surface area contributed by atoms with Crippen molar-refractivity contribution in [2.24, 2.45) is 4.99 Å². The molecule has 0 aromatic carbocycles. The Bertz CT molecular complexity index is 1120. The maximum Gasteiger partial charge on any atom is 0.272 e. The van der Waals surface area contributed by atoms with Crippen LogP contribution >= 0.6 is 0 Å². The molecule has 3 heterocycles. The molecule has 2 aromatic heterocycles. The lowest BCUT2D eigenvalue weighted by Gasteiger charge is -2.34. The monoisotopic (exact) mass is 468 g/mol. The summed E-state index contributed by atoms with van der Waals surface area (Å²) in [7, 11) is 1.99. The fraction of sp³-hybridized carbons (Fsp3) is 0.320. The zero-order valence-electron chi connectivity index (χ0n) is 19.7. The number of fused-ring (bicyclic) bond motifs is 1. The Labute approximate surface area is 198 Å². The first-order valence-corrected chi connectivity index (χ1v) is 11.0. The van der Waals surface area contributed by atoms with Gasteiger partial charge in [0, 0.05) is 62.9 Å². The molecule has 0 unspecified atom stereocenters. The van der Waals surface area contributed by atoms with Crippen LogP contribution in [0.3, 0.4) is 0 Å². The highest BCUT2D eigenvalue weighted by molar-refractivity contribution is 5.74. The molecule has 2 N–H and O–H groups in total.